The van der Waals surface area contributed by atoms with E-state index in [1.807, 2.05) is 24.3 Å². The van der Waals surface area contributed by atoms with Crippen LogP contribution in [0.15, 0.2) is 48.8 Å². The Kier molecular flexibility index (Phi) is 5.36. The highest BCUT2D eigenvalue weighted by molar-refractivity contribution is 5.79. The standard InChI is InChI=1S/C21H25N3O3/c1-26-17-6-4-15(5-7-17)12-24-13-18-9-19(20(14-24)27-18)21(25)23-11-16-3-2-8-22-10-16/h2-8,10,18-20H,9,11-14H2,1H3,(H,23,25)/t18-,19+,20-/m1/s1. The van der Waals surface area contributed by atoms with Crippen molar-refractivity contribution < 1.29 is 14.3 Å². The highest BCUT2D eigenvalue weighted by Gasteiger charge is 2.44. The van der Waals surface area contributed by atoms with Crippen LogP contribution >= 0.6 is 0 Å². The van der Waals surface area contributed by atoms with Gasteiger partial charge in [0.25, 0.3) is 0 Å². The van der Waals surface area contributed by atoms with Crippen molar-refractivity contribution in [1.29, 1.82) is 0 Å². The molecule has 0 unspecified atom stereocenters. The first-order chi connectivity index (χ1) is 13.2. The molecule has 0 spiro atoms. The van der Waals surface area contributed by atoms with Gasteiger partial charge in [0.15, 0.2) is 0 Å². The molecule has 1 amide bonds. The van der Waals surface area contributed by atoms with Crippen LogP contribution in [0.4, 0.5) is 0 Å². The second kappa shape index (κ2) is 8.06. The third kappa shape index (κ3) is 4.28. The van der Waals surface area contributed by atoms with Gasteiger partial charge in [-0.2, -0.15) is 0 Å². The Morgan fingerprint density at radius 3 is 2.85 bits per heavy atom. The van der Waals surface area contributed by atoms with E-state index in [1.165, 1.54) is 5.56 Å². The summed E-state index contributed by atoms with van der Waals surface area (Å²) >= 11 is 0. The number of pyridine rings is 1. The van der Waals surface area contributed by atoms with Gasteiger partial charge >= 0.3 is 0 Å². The predicted molar refractivity (Wildman–Crippen MR) is 101 cm³/mol. The smallest absolute Gasteiger partial charge is 0.226 e. The fourth-order valence-electron chi connectivity index (χ4n) is 3.95. The first-order valence-corrected chi connectivity index (χ1v) is 9.38. The third-order valence-corrected chi connectivity index (χ3v) is 5.32. The van der Waals surface area contributed by atoms with Crippen molar-refractivity contribution >= 4 is 5.91 Å². The molecule has 1 aromatic carbocycles. The molecule has 6 heteroatoms. The van der Waals surface area contributed by atoms with Gasteiger partial charge in [0.05, 0.1) is 25.2 Å². The molecule has 3 heterocycles. The predicted octanol–water partition coefficient (Wildman–Crippen LogP) is 2.00. The third-order valence-electron chi connectivity index (χ3n) is 5.32. The summed E-state index contributed by atoms with van der Waals surface area (Å²) < 4.78 is 11.3. The van der Waals surface area contributed by atoms with E-state index in [4.69, 9.17) is 9.47 Å². The van der Waals surface area contributed by atoms with Crippen molar-refractivity contribution in [3.05, 3.63) is 59.9 Å². The maximum atomic E-state index is 12.7. The van der Waals surface area contributed by atoms with Crippen LogP contribution in [-0.2, 0) is 22.6 Å². The molecule has 2 aromatic rings. The van der Waals surface area contributed by atoms with E-state index in [-0.39, 0.29) is 24.0 Å². The van der Waals surface area contributed by atoms with Crippen LogP contribution in [0, 0.1) is 5.92 Å². The van der Waals surface area contributed by atoms with Crippen LogP contribution < -0.4 is 10.1 Å². The van der Waals surface area contributed by atoms with Crippen molar-refractivity contribution in [2.75, 3.05) is 20.2 Å². The van der Waals surface area contributed by atoms with E-state index >= 15 is 0 Å². The zero-order valence-electron chi connectivity index (χ0n) is 15.5. The summed E-state index contributed by atoms with van der Waals surface area (Å²) in [6.45, 7) is 3.03. The van der Waals surface area contributed by atoms with E-state index in [2.05, 4.69) is 27.3 Å². The number of methoxy groups -OCH3 is 1. The number of hydrogen-bond acceptors (Lipinski definition) is 5. The lowest BCUT2D eigenvalue weighted by Crippen LogP contribution is -2.44. The van der Waals surface area contributed by atoms with Crippen molar-refractivity contribution in [3.8, 4) is 5.75 Å². The number of fused-ring (bicyclic) bond motifs is 2. The van der Waals surface area contributed by atoms with Gasteiger partial charge < -0.3 is 14.8 Å². The lowest BCUT2D eigenvalue weighted by atomic mass is 9.99. The maximum Gasteiger partial charge on any atom is 0.226 e. The van der Waals surface area contributed by atoms with Crippen LogP contribution in [-0.4, -0.2) is 48.2 Å². The van der Waals surface area contributed by atoms with Gasteiger partial charge in [-0.1, -0.05) is 18.2 Å². The molecule has 1 aromatic heterocycles. The molecular weight excluding hydrogens is 342 g/mol. The molecule has 0 radical (unpaired) electrons. The fourth-order valence-corrected chi connectivity index (χ4v) is 3.95. The summed E-state index contributed by atoms with van der Waals surface area (Å²) in [6.07, 6.45) is 4.41. The molecule has 0 aliphatic carbocycles. The quantitative estimate of drug-likeness (QED) is 0.846. The highest BCUT2D eigenvalue weighted by atomic mass is 16.5. The van der Waals surface area contributed by atoms with Gasteiger partial charge in [-0.05, 0) is 35.7 Å². The van der Waals surface area contributed by atoms with E-state index in [0.717, 1.165) is 37.4 Å². The van der Waals surface area contributed by atoms with E-state index in [0.29, 0.717) is 6.54 Å². The number of morpholine rings is 1. The van der Waals surface area contributed by atoms with E-state index in [9.17, 15) is 4.79 Å². The summed E-state index contributed by atoms with van der Waals surface area (Å²) in [5, 5.41) is 3.04. The molecule has 2 bridgehead atoms. The molecule has 6 nitrogen and oxygen atoms in total. The van der Waals surface area contributed by atoms with Crippen molar-refractivity contribution in [1.82, 2.24) is 15.2 Å². The van der Waals surface area contributed by atoms with E-state index < -0.39 is 0 Å². The lowest BCUT2D eigenvalue weighted by Gasteiger charge is -2.32. The number of rotatable bonds is 6. The Balaban J connectivity index is 1.32. The minimum Gasteiger partial charge on any atom is -0.497 e. The molecule has 4 rings (SSSR count). The molecule has 2 saturated heterocycles. The topological polar surface area (TPSA) is 63.7 Å². The average Bonchev–Trinajstić information content (AvgIpc) is 3.01. The average molecular weight is 367 g/mol. The molecule has 2 aliphatic heterocycles. The van der Waals surface area contributed by atoms with E-state index in [1.54, 1.807) is 19.5 Å². The number of aromatic nitrogens is 1. The summed E-state index contributed by atoms with van der Waals surface area (Å²) in [5.74, 6) is 0.872. The minimum absolute atomic E-state index is 0.0316. The second-order valence-corrected chi connectivity index (χ2v) is 7.26. The molecule has 0 saturated carbocycles. The van der Waals surface area contributed by atoms with Crippen LogP contribution in [0.1, 0.15) is 17.5 Å². The van der Waals surface area contributed by atoms with Gasteiger partial charge in [-0.25, -0.2) is 0 Å². The Bertz CT molecular complexity index is 766. The molecule has 2 fully saturated rings. The number of carbonyl (C=O) groups excluding carboxylic acids is 1. The summed E-state index contributed by atoms with van der Waals surface area (Å²) in [5.41, 5.74) is 2.25. The Morgan fingerprint density at radius 1 is 1.26 bits per heavy atom. The number of amides is 1. The largest absolute Gasteiger partial charge is 0.497 e. The highest BCUT2D eigenvalue weighted by Crippen LogP contribution is 2.32. The Labute approximate surface area is 159 Å². The summed E-state index contributed by atoms with van der Waals surface area (Å²) in [6, 6.07) is 12.0. The van der Waals surface area contributed by atoms with Gasteiger partial charge in [0.1, 0.15) is 5.75 Å². The monoisotopic (exact) mass is 367 g/mol. The molecule has 3 atom stereocenters. The minimum atomic E-state index is -0.0764. The van der Waals surface area contributed by atoms with Gasteiger partial charge in [-0.3, -0.25) is 14.7 Å². The molecule has 142 valence electrons. The number of nitrogens with one attached hydrogen (secondary N) is 1. The van der Waals surface area contributed by atoms with Crippen LogP contribution in [0.5, 0.6) is 5.75 Å². The number of benzene rings is 1. The summed E-state index contributed by atoms with van der Waals surface area (Å²) in [4.78, 5) is 19.1. The fraction of sp³-hybridized carbons (Fsp3) is 0.429. The number of likely N-dealkylation sites (tertiary alicyclic amines) is 1. The van der Waals surface area contributed by atoms with Gasteiger partial charge in [0.2, 0.25) is 5.91 Å². The zero-order valence-corrected chi connectivity index (χ0v) is 15.5. The van der Waals surface area contributed by atoms with Crippen LogP contribution in [0.3, 0.4) is 0 Å². The summed E-state index contributed by atoms with van der Waals surface area (Å²) in [7, 11) is 1.67. The Hall–Kier alpha value is -2.44. The zero-order chi connectivity index (χ0) is 18.6. The van der Waals surface area contributed by atoms with Crippen molar-refractivity contribution in [3.63, 3.8) is 0 Å². The van der Waals surface area contributed by atoms with Gasteiger partial charge in [0, 0.05) is 38.6 Å². The SMILES string of the molecule is COc1ccc(CN2C[C@H]3C[C@H](C(=O)NCc4cccnc4)[C@@H](C2)O3)cc1. The molecule has 27 heavy (non-hydrogen) atoms. The van der Waals surface area contributed by atoms with Crippen molar-refractivity contribution in [2.24, 2.45) is 5.92 Å². The number of carbonyl (C=O) groups is 1. The van der Waals surface area contributed by atoms with Crippen molar-refractivity contribution in [2.45, 2.75) is 31.7 Å². The number of ether oxygens (including phenoxy) is 2. The second-order valence-electron chi connectivity index (χ2n) is 7.26. The van der Waals surface area contributed by atoms with Crippen LogP contribution in [0.25, 0.3) is 0 Å². The number of nitrogens with zero attached hydrogens (tertiary/aromatic N) is 2. The Morgan fingerprint density at radius 2 is 2.11 bits per heavy atom. The van der Waals surface area contributed by atoms with Crippen LogP contribution in [0.2, 0.25) is 0 Å². The maximum absolute atomic E-state index is 12.7. The van der Waals surface area contributed by atoms with Gasteiger partial charge in [-0.15, -0.1) is 0 Å². The molecule has 2 aliphatic rings. The molecule has 1 N–H and O–H groups in total. The first-order valence-electron chi connectivity index (χ1n) is 9.38. The first kappa shape index (κ1) is 17.9. The molecular formula is C21H25N3O3. The lowest BCUT2D eigenvalue weighted by molar-refractivity contribution is -0.128. The normalized spacial score (nSPS) is 24.6. The number of hydrogen-bond donors (Lipinski definition) is 1.